The first-order chi connectivity index (χ1) is 8.03. The van der Waals surface area contributed by atoms with E-state index in [1.165, 1.54) is 6.07 Å². The average Bonchev–Trinajstić information content (AvgIpc) is 2.67. The number of fused-ring (bicyclic) bond motifs is 2. The Kier molecular flexibility index (Phi) is 1.70. The number of ketones is 1. The summed E-state index contributed by atoms with van der Waals surface area (Å²) in [6, 6.07) is 2.94. The van der Waals surface area contributed by atoms with Crippen LogP contribution in [0.4, 0.5) is 9.18 Å². The first-order valence-electron chi connectivity index (χ1n) is 5.00. The zero-order chi connectivity index (χ0) is 12.2. The van der Waals surface area contributed by atoms with Crippen LogP contribution in [0.5, 0.6) is 0 Å². The third kappa shape index (κ3) is 1.15. The number of urea groups is 1. The van der Waals surface area contributed by atoms with Gasteiger partial charge in [-0.05, 0) is 18.2 Å². The molecular formula is C11H7FN2O3. The van der Waals surface area contributed by atoms with Gasteiger partial charge in [-0.25, -0.2) is 9.18 Å². The lowest BCUT2D eigenvalue weighted by atomic mass is 9.92. The minimum atomic E-state index is -1.42. The predicted molar refractivity (Wildman–Crippen MR) is 53.7 cm³/mol. The van der Waals surface area contributed by atoms with Gasteiger partial charge in [0.15, 0.2) is 11.3 Å². The Morgan fingerprint density at radius 2 is 2.00 bits per heavy atom. The Bertz CT molecular complexity index is 584. The lowest BCUT2D eigenvalue weighted by Gasteiger charge is -2.19. The molecule has 0 aromatic heterocycles. The summed E-state index contributed by atoms with van der Waals surface area (Å²) in [7, 11) is 0. The standard InChI is InChI=1S/C11H7FN2O3/c12-5-1-2-6-7(3-5)11(4-8(6)15)9(16)13-10(17)14-11/h1-3H,4H2,(H2,13,14,16,17). The number of imide groups is 1. The molecule has 17 heavy (non-hydrogen) atoms. The summed E-state index contributed by atoms with van der Waals surface area (Å²) in [4.78, 5) is 34.7. The van der Waals surface area contributed by atoms with Crippen LogP contribution in [-0.4, -0.2) is 17.7 Å². The Morgan fingerprint density at radius 3 is 2.65 bits per heavy atom. The largest absolute Gasteiger partial charge is 0.322 e. The molecule has 1 atom stereocenters. The fraction of sp³-hybridized carbons (Fsp3) is 0.182. The fourth-order valence-electron chi connectivity index (χ4n) is 2.35. The summed E-state index contributed by atoms with van der Waals surface area (Å²) in [5.74, 6) is -1.44. The molecule has 0 bridgehead atoms. The minimum absolute atomic E-state index is 0.163. The van der Waals surface area contributed by atoms with Crippen LogP contribution in [-0.2, 0) is 10.3 Å². The summed E-state index contributed by atoms with van der Waals surface area (Å²) in [5, 5.41) is 4.47. The van der Waals surface area contributed by atoms with Crippen LogP contribution in [0.1, 0.15) is 22.3 Å². The van der Waals surface area contributed by atoms with Gasteiger partial charge in [0.25, 0.3) is 5.91 Å². The van der Waals surface area contributed by atoms with Crippen LogP contribution >= 0.6 is 0 Å². The van der Waals surface area contributed by atoms with Crippen LogP contribution in [0.15, 0.2) is 18.2 Å². The van der Waals surface area contributed by atoms with Crippen molar-refractivity contribution in [1.29, 1.82) is 0 Å². The van der Waals surface area contributed by atoms with Gasteiger partial charge in [0.05, 0.1) is 0 Å². The quantitative estimate of drug-likeness (QED) is 0.640. The molecule has 1 spiro atoms. The maximum Gasteiger partial charge on any atom is 0.322 e. The predicted octanol–water partition coefficient (Wildman–Crippen LogP) is 0.447. The molecule has 86 valence electrons. The highest BCUT2D eigenvalue weighted by Crippen LogP contribution is 2.39. The van der Waals surface area contributed by atoms with Crippen molar-refractivity contribution in [2.24, 2.45) is 0 Å². The summed E-state index contributed by atoms with van der Waals surface area (Å²) < 4.78 is 13.2. The Balaban J connectivity index is 2.24. The van der Waals surface area contributed by atoms with E-state index in [4.69, 9.17) is 0 Å². The maximum atomic E-state index is 13.2. The average molecular weight is 234 g/mol. The molecule has 2 N–H and O–H groups in total. The molecule has 1 aromatic rings. The van der Waals surface area contributed by atoms with Crippen molar-refractivity contribution in [2.75, 3.05) is 0 Å². The molecule has 3 amide bonds. The van der Waals surface area contributed by atoms with Gasteiger partial charge in [-0.2, -0.15) is 0 Å². The second kappa shape index (κ2) is 2.91. The Labute approximate surface area is 95.0 Å². The van der Waals surface area contributed by atoms with E-state index in [0.29, 0.717) is 0 Å². The molecule has 1 aliphatic carbocycles. The second-order valence-electron chi connectivity index (χ2n) is 4.10. The van der Waals surface area contributed by atoms with E-state index in [1.807, 2.05) is 0 Å². The molecule has 1 fully saturated rings. The van der Waals surface area contributed by atoms with E-state index in [0.717, 1.165) is 12.1 Å². The fourth-order valence-corrected chi connectivity index (χ4v) is 2.35. The summed E-state index contributed by atoms with van der Waals surface area (Å²) in [6.07, 6.45) is -0.163. The van der Waals surface area contributed by atoms with Crippen LogP contribution in [0.3, 0.4) is 0 Å². The van der Waals surface area contributed by atoms with E-state index in [9.17, 15) is 18.8 Å². The maximum absolute atomic E-state index is 13.2. The van der Waals surface area contributed by atoms with E-state index >= 15 is 0 Å². The molecule has 0 radical (unpaired) electrons. The third-order valence-electron chi connectivity index (χ3n) is 3.11. The van der Waals surface area contributed by atoms with Gasteiger partial charge in [-0.15, -0.1) is 0 Å². The molecule has 1 aromatic carbocycles. The number of hydrogen-bond donors (Lipinski definition) is 2. The second-order valence-corrected chi connectivity index (χ2v) is 4.10. The SMILES string of the molecule is O=C1NC(=O)C2(CC(=O)c3ccc(F)cc32)N1. The number of halogens is 1. The highest BCUT2D eigenvalue weighted by atomic mass is 19.1. The number of hydrogen-bond acceptors (Lipinski definition) is 3. The lowest BCUT2D eigenvalue weighted by molar-refractivity contribution is -0.124. The number of amides is 3. The number of benzene rings is 1. The number of rotatable bonds is 0. The number of Topliss-reactive ketones (excluding diaryl/α,β-unsaturated/α-hetero) is 1. The zero-order valence-corrected chi connectivity index (χ0v) is 8.54. The van der Waals surface area contributed by atoms with Crippen LogP contribution in [0, 0.1) is 5.82 Å². The summed E-state index contributed by atoms with van der Waals surface area (Å²) in [5.41, 5.74) is -0.916. The van der Waals surface area contributed by atoms with Gasteiger partial charge in [0.1, 0.15) is 5.82 Å². The van der Waals surface area contributed by atoms with Crippen molar-refractivity contribution in [2.45, 2.75) is 12.0 Å². The van der Waals surface area contributed by atoms with Gasteiger partial charge in [0.2, 0.25) is 0 Å². The van der Waals surface area contributed by atoms with Gasteiger partial charge in [0, 0.05) is 17.5 Å². The summed E-state index contributed by atoms with van der Waals surface area (Å²) >= 11 is 0. The first-order valence-corrected chi connectivity index (χ1v) is 5.00. The van der Waals surface area contributed by atoms with Gasteiger partial charge < -0.3 is 5.32 Å². The molecule has 6 heteroatoms. The first kappa shape index (κ1) is 9.95. The van der Waals surface area contributed by atoms with E-state index < -0.39 is 23.3 Å². The molecule has 1 unspecified atom stereocenters. The third-order valence-corrected chi connectivity index (χ3v) is 3.11. The van der Waals surface area contributed by atoms with Gasteiger partial charge >= 0.3 is 6.03 Å². The zero-order valence-electron chi connectivity index (χ0n) is 8.54. The molecule has 5 nitrogen and oxygen atoms in total. The summed E-state index contributed by atoms with van der Waals surface area (Å²) in [6.45, 7) is 0. The molecule has 1 saturated heterocycles. The van der Waals surface area contributed by atoms with Gasteiger partial charge in [-0.3, -0.25) is 14.9 Å². The molecule has 1 heterocycles. The van der Waals surface area contributed by atoms with E-state index in [-0.39, 0.29) is 23.3 Å². The van der Waals surface area contributed by atoms with Gasteiger partial charge in [-0.1, -0.05) is 0 Å². The van der Waals surface area contributed by atoms with E-state index in [2.05, 4.69) is 10.6 Å². The van der Waals surface area contributed by atoms with Crippen molar-refractivity contribution in [3.8, 4) is 0 Å². The smallest absolute Gasteiger partial charge is 0.319 e. The lowest BCUT2D eigenvalue weighted by Crippen LogP contribution is -2.42. The van der Waals surface area contributed by atoms with Crippen molar-refractivity contribution in [1.82, 2.24) is 10.6 Å². The van der Waals surface area contributed by atoms with Crippen molar-refractivity contribution in [3.05, 3.63) is 35.1 Å². The number of nitrogens with one attached hydrogen (secondary N) is 2. The molecular weight excluding hydrogens is 227 g/mol. The van der Waals surface area contributed by atoms with Crippen molar-refractivity contribution < 1.29 is 18.8 Å². The monoisotopic (exact) mass is 234 g/mol. The Morgan fingerprint density at radius 1 is 1.24 bits per heavy atom. The molecule has 1 aliphatic heterocycles. The normalized spacial score (nSPS) is 26.1. The highest BCUT2D eigenvalue weighted by Gasteiger charge is 2.54. The minimum Gasteiger partial charge on any atom is -0.319 e. The number of carbonyl (C=O) groups excluding carboxylic acids is 3. The van der Waals surface area contributed by atoms with E-state index in [1.54, 1.807) is 0 Å². The number of carbonyl (C=O) groups is 3. The highest BCUT2D eigenvalue weighted by molar-refractivity contribution is 6.15. The topological polar surface area (TPSA) is 75.3 Å². The van der Waals surface area contributed by atoms with Crippen LogP contribution in [0.2, 0.25) is 0 Å². The van der Waals surface area contributed by atoms with Crippen molar-refractivity contribution in [3.63, 3.8) is 0 Å². The van der Waals surface area contributed by atoms with Crippen molar-refractivity contribution >= 4 is 17.7 Å². The molecule has 0 saturated carbocycles. The van der Waals surface area contributed by atoms with Crippen LogP contribution in [0.25, 0.3) is 0 Å². The molecule has 3 rings (SSSR count). The Hall–Kier alpha value is -2.24. The van der Waals surface area contributed by atoms with Crippen LogP contribution < -0.4 is 10.6 Å². The molecule has 2 aliphatic rings.